The largest absolute Gasteiger partial charge is 0.398 e. The Morgan fingerprint density at radius 3 is 2.70 bits per heavy atom. The van der Waals surface area contributed by atoms with Crippen LogP contribution in [-0.2, 0) is 0 Å². The number of hydrogen-bond acceptors (Lipinski definition) is 4. The number of nitrogens with zero attached hydrogens (tertiary/aromatic N) is 2. The van der Waals surface area contributed by atoms with Gasteiger partial charge in [-0.3, -0.25) is 9.80 Å². The number of nitrogens with two attached hydrogens (primary N) is 1. The summed E-state index contributed by atoms with van der Waals surface area (Å²) in [5, 5.41) is 10.4. The number of likely N-dealkylation sites (tertiary alicyclic amines) is 1. The highest BCUT2D eigenvalue weighted by Gasteiger charge is 2.27. The lowest BCUT2D eigenvalue weighted by atomic mass is 10.1. The van der Waals surface area contributed by atoms with E-state index in [4.69, 9.17) is 5.73 Å². The van der Waals surface area contributed by atoms with Gasteiger partial charge in [-0.25, -0.2) is 0 Å². The first-order valence-electron chi connectivity index (χ1n) is 7.64. The highest BCUT2D eigenvalue weighted by molar-refractivity contribution is 5.47. The molecular formula is C16H27N3O. The second-order valence-electron chi connectivity index (χ2n) is 5.57. The minimum Gasteiger partial charge on any atom is -0.398 e. The van der Waals surface area contributed by atoms with E-state index in [0.717, 1.165) is 31.7 Å². The van der Waals surface area contributed by atoms with Crippen LogP contribution in [0.4, 0.5) is 5.69 Å². The number of β-amino-alcohol motifs (C(OH)–C–C–N with tert-alkyl or cyclic N) is 1. The summed E-state index contributed by atoms with van der Waals surface area (Å²) in [7, 11) is 0. The lowest BCUT2D eigenvalue weighted by Crippen LogP contribution is -2.38. The van der Waals surface area contributed by atoms with Crippen LogP contribution < -0.4 is 5.73 Å². The Morgan fingerprint density at radius 1 is 1.35 bits per heavy atom. The van der Waals surface area contributed by atoms with Crippen molar-refractivity contribution in [3.8, 4) is 0 Å². The SMILES string of the molecule is CCN(CC)C1CCN(CC(O)c2ccccc2N)C1. The van der Waals surface area contributed by atoms with Gasteiger partial charge < -0.3 is 10.8 Å². The molecule has 1 aliphatic heterocycles. The van der Waals surface area contributed by atoms with Crippen LogP contribution in [0, 0.1) is 0 Å². The molecule has 112 valence electrons. The van der Waals surface area contributed by atoms with Crippen LogP contribution in [0.1, 0.15) is 31.9 Å². The monoisotopic (exact) mass is 277 g/mol. The molecule has 0 aliphatic carbocycles. The van der Waals surface area contributed by atoms with Gasteiger partial charge in [0, 0.05) is 30.4 Å². The summed E-state index contributed by atoms with van der Waals surface area (Å²) in [6.45, 7) is 9.41. The van der Waals surface area contributed by atoms with Crippen LogP contribution in [0.25, 0.3) is 0 Å². The molecule has 4 nitrogen and oxygen atoms in total. The van der Waals surface area contributed by atoms with Gasteiger partial charge in [0.25, 0.3) is 0 Å². The zero-order valence-corrected chi connectivity index (χ0v) is 12.6. The minimum absolute atomic E-state index is 0.494. The Bertz CT molecular complexity index is 420. The molecule has 20 heavy (non-hydrogen) atoms. The average Bonchev–Trinajstić information content (AvgIpc) is 2.89. The molecular weight excluding hydrogens is 250 g/mol. The normalized spacial score (nSPS) is 21.5. The third-order valence-electron chi connectivity index (χ3n) is 4.36. The molecule has 2 atom stereocenters. The molecule has 0 amide bonds. The summed E-state index contributed by atoms with van der Waals surface area (Å²) in [6.07, 6.45) is 0.699. The topological polar surface area (TPSA) is 52.7 Å². The molecule has 2 unspecified atom stereocenters. The standard InChI is InChI=1S/C16H27N3O/c1-3-19(4-2)13-9-10-18(11-13)12-16(20)14-7-5-6-8-15(14)17/h5-8,13,16,20H,3-4,9-12,17H2,1-2H3. The molecule has 1 saturated heterocycles. The number of aliphatic hydroxyl groups excluding tert-OH is 1. The Kier molecular flexibility index (Phi) is 5.40. The molecule has 0 bridgehead atoms. The lowest BCUT2D eigenvalue weighted by molar-refractivity contribution is 0.120. The Morgan fingerprint density at radius 2 is 2.05 bits per heavy atom. The first kappa shape index (κ1) is 15.3. The van der Waals surface area contributed by atoms with Crippen LogP contribution in [0.3, 0.4) is 0 Å². The second kappa shape index (κ2) is 7.07. The second-order valence-corrected chi connectivity index (χ2v) is 5.57. The predicted molar refractivity (Wildman–Crippen MR) is 83.6 cm³/mol. The fourth-order valence-corrected chi connectivity index (χ4v) is 3.17. The van der Waals surface area contributed by atoms with Crippen molar-refractivity contribution in [1.82, 2.24) is 9.80 Å². The maximum Gasteiger partial charge on any atom is 0.0936 e. The van der Waals surface area contributed by atoms with Crippen LogP contribution in [0.15, 0.2) is 24.3 Å². The van der Waals surface area contributed by atoms with Crippen molar-refractivity contribution in [2.75, 3.05) is 38.5 Å². The van der Waals surface area contributed by atoms with E-state index in [2.05, 4.69) is 23.6 Å². The van der Waals surface area contributed by atoms with Crippen molar-refractivity contribution in [3.05, 3.63) is 29.8 Å². The Hall–Kier alpha value is -1.10. The van der Waals surface area contributed by atoms with E-state index in [9.17, 15) is 5.11 Å². The molecule has 0 saturated carbocycles. The summed E-state index contributed by atoms with van der Waals surface area (Å²) >= 11 is 0. The third kappa shape index (κ3) is 3.51. The van der Waals surface area contributed by atoms with E-state index < -0.39 is 6.10 Å². The number of nitrogen functional groups attached to an aromatic ring is 1. The summed E-state index contributed by atoms with van der Waals surface area (Å²) < 4.78 is 0. The number of hydrogen-bond donors (Lipinski definition) is 2. The molecule has 2 rings (SSSR count). The van der Waals surface area contributed by atoms with Crippen LogP contribution in [0.2, 0.25) is 0 Å². The highest BCUT2D eigenvalue weighted by Crippen LogP contribution is 2.23. The molecule has 3 N–H and O–H groups in total. The fourth-order valence-electron chi connectivity index (χ4n) is 3.17. The first-order valence-corrected chi connectivity index (χ1v) is 7.64. The van der Waals surface area contributed by atoms with Gasteiger partial charge in [-0.2, -0.15) is 0 Å². The van der Waals surface area contributed by atoms with Gasteiger partial charge in [-0.1, -0.05) is 32.0 Å². The van der Waals surface area contributed by atoms with Crippen molar-refractivity contribution in [3.63, 3.8) is 0 Å². The molecule has 1 aliphatic rings. The lowest BCUT2D eigenvalue weighted by Gasteiger charge is -2.27. The van der Waals surface area contributed by atoms with E-state index in [1.807, 2.05) is 24.3 Å². The van der Waals surface area contributed by atoms with Gasteiger partial charge in [-0.05, 0) is 32.1 Å². The molecule has 1 fully saturated rings. The van der Waals surface area contributed by atoms with Crippen LogP contribution in [0.5, 0.6) is 0 Å². The molecule has 0 radical (unpaired) electrons. The van der Waals surface area contributed by atoms with Gasteiger partial charge in [0.1, 0.15) is 0 Å². The zero-order chi connectivity index (χ0) is 14.5. The van der Waals surface area contributed by atoms with Gasteiger partial charge in [0.05, 0.1) is 6.10 Å². The van der Waals surface area contributed by atoms with E-state index >= 15 is 0 Å². The maximum absolute atomic E-state index is 10.4. The Balaban J connectivity index is 1.90. The van der Waals surface area contributed by atoms with E-state index in [1.165, 1.54) is 6.42 Å². The van der Waals surface area contributed by atoms with Crippen molar-refractivity contribution in [2.24, 2.45) is 0 Å². The fraction of sp³-hybridized carbons (Fsp3) is 0.625. The third-order valence-corrected chi connectivity index (χ3v) is 4.36. The van der Waals surface area contributed by atoms with Crippen molar-refractivity contribution < 1.29 is 5.11 Å². The predicted octanol–water partition coefficient (Wildman–Crippen LogP) is 1.72. The van der Waals surface area contributed by atoms with Gasteiger partial charge in [0.2, 0.25) is 0 Å². The van der Waals surface area contributed by atoms with Gasteiger partial charge in [0.15, 0.2) is 0 Å². The number of anilines is 1. The molecule has 4 heteroatoms. The number of para-hydroxylation sites is 1. The molecule has 1 aromatic rings. The summed E-state index contributed by atoms with van der Waals surface area (Å²) in [6, 6.07) is 8.22. The minimum atomic E-state index is -0.494. The van der Waals surface area contributed by atoms with E-state index in [0.29, 0.717) is 18.3 Å². The van der Waals surface area contributed by atoms with Crippen molar-refractivity contribution >= 4 is 5.69 Å². The first-order chi connectivity index (χ1) is 9.65. The van der Waals surface area contributed by atoms with E-state index in [-0.39, 0.29) is 0 Å². The Labute approximate surface area is 122 Å². The number of rotatable bonds is 6. The van der Waals surface area contributed by atoms with E-state index in [1.54, 1.807) is 0 Å². The van der Waals surface area contributed by atoms with Gasteiger partial charge >= 0.3 is 0 Å². The quantitative estimate of drug-likeness (QED) is 0.777. The number of aliphatic hydroxyl groups is 1. The smallest absolute Gasteiger partial charge is 0.0936 e. The summed E-state index contributed by atoms with van der Waals surface area (Å²) in [5.41, 5.74) is 7.45. The maximum atomic E-state index is 10.4. The average molecular weight is 277 g/mol. The zero-order valence-electron chi connectivity index (χ0n) is 12.6. The summed E-state index contributed by atoms with van der Waals surface area (Å²) in [4.78, 5) is 4.85. The van der Waals surface area contributed by atoms with Gasteiger partial charge in [-0.15, -0.1) is 0 Å². The number of likely N-dealkylation sites (N-methyl/N-ethyl adjacent to an activating group) is 1. The van der Waals surface area contributed by atoms with Crippen LogP contribution >= 0.6 is 0 Å². The molecule has 1 heterocycles. The van der Waals surface area contributed by atoms with Crippen molar-refractivity contribution in [1.29, 1.82) is 0 Å². The molecule has 1 aromatic carbocycles. The van der Waals surface area contributed by atoms with Crippen molar-refractivity contribution in [2.45, 2.75) is 32.4 Å². The molecule has 0 aromatic heterocycles. The number of benzene rings is 1. The highest BCUT2D eigenvalue weighted by atomic mass is 16.3. The summed E-state index contributed by atoms with van der Waals surface area (Å²) in [5.74, 6) is 0. The molecule has 0 spiro atoms. The van der Waals surface area contributed by atoms with Crippen LogP contribution in [-0.4, -0.2) is 53.7 Å².